The molecule has 1 fully saturated rings. The highest BCUT2D eigenvalue weighted by atomic mass is 16.2. The lowest BCUT2D eigenvalue weighted by Crippen LogP contribution is -2.36. The van der Waals surface area contributed by atoms with Gasteiger partial charge in [-0.1, -0.05) is 0 Å². The summed E-state index contributed by atoms with van der Waals surface area (Å²) in [6.07, 6.45) is 1.01. The van der Waals surface area contributed by atoms with Crippen molar-refractivity contribution in [1.29, 1.82) is 0 Å². The minimum absolute atomic E-state index is 0.157. The van der Waals surface area contributed by atoms with E-state index in [2.05, 4.69) is 4.90 Å². The first-order chi connectivity index (χ1) is 5.59. The normalized spacial score (nSPS) is 24.4. The van der Waals surface area contributed by atoms with Gasteiger partial charge in [0.15, 0.2) is 0 Å². The lowest BCUT2D eigenvalue weighted by Gasteiger charge is -2.17. The Balaban J connectivity index is 2.28. The number of carbonyl (C=O) groups is 1. The molecule has 0 saturated carbocycles. The molecule has 1 saturated heterocycles. The zero-order valence-electron chi connectivity index (χ0n) is 7.79. The standard InChI is InChI=1S/C8H17N3O/c1-10(2)8(12)6-11-4-3-7(9)5-11/h7H,3-6,9H2,1-2H3. The average Bonchev–Trinajstić information content (AvgIpc) is 2.35. The van der Waals surface area contributed by atoms with Gasteiger partial charge < -0.3 is 10.6 Å². The van der Waals surface area contributed by atoms with Gasteiger partial charge in [-0.05, 0) is 6.42 Å². The summed E-state index contributed by atoms with van der Waals surface area (Å²) in [5.41, 5.74) is 5.71. The Morgan fingerprint density at radius 3 is 2.75 bits per heavy atom. The van der Waals surface area contributed by atoms with Crippen LogP contribution < -0.4 is 5.73 Å². The molecule has 4 heteroatoms. The van der Waals surface area contributed by atoms with Crippen molar-refractivity contribution in [1.82, 2.24) is 9.80 Å². The summed E-state index contributed by atoms with van der Waals surface area (Å²) in [6, 6.07) is 0.264. The number of nitrogens with zero attached hydrogens (tertiary/aromatic N) is 2. The molecule has 0 radical (unpaired) electrons. The molecule has 1 unspecified atom stereocenters. The van der Waals surface area contributed by atoms with Crippen LogP contribution in [0.1, 0.15) is 6.42 Å². The molecule has 1 aliphatic rings. The van der Waals surface area contributed by atoms with E-state index in [4.69, 9.17) is 5.73 Å². The molecule has 0 aromatic carbocycles. The quantitative estimate of drug-likeness (QED) is 0.586. The third-order valence-corrected chi connectivity index (χ3v) is 2.17. The molecule has 70 valence electrons. The number of likely N-dealkylation sites (N-methyl/N-ethyl adjacent to an activating group) is 1. The van der Waals surface area contributed by atoms with Gasteiger partial charge in [0.05, 0.1) is 6.54 Å². The molecule has 1 atom stereocenters. The summed E-state index contributed by atoms with van der Waals surface area (Å²) < 4.78 is 0. The maximum absolute atomic E-state index is 11.2. The molecule has 2 N–H and O–H groups in total. The number of rotatable bonds is 2. The zero-order chi connectivity index (χ0) is 9.14. The highest BCUT2D eigenvalue weighted by molar-refractivity contribution is 5.77. The Kier molecular flexibility index (Phi) is 3.05. The van der Waals surface area contributed by atoms with Gasteiger partial charge in [0.1, 0.15) is 0 Å². The Labute approximate surface area is 73.3 Å². The lowest BCUT2D eigenvalue weighted by atomic mass is 10.3. The van der Waals surface area contributed by atoms with E-state index in [1.165, 1.54) is 0 Å². The maximum atomic E-state index is 11.2. The van der Waals surface area contributed by atoms with Gasteiger partial charge in [0.25, 0.3) is 0 Å². The first kappa shape index (κ1) is 9.48. The van der Waals surface area contributed by atoms with Crippen LogP contribution in [0.2, 0.25) is 0 Å². The Morgan fingerprint density at radius 2 is 2.33 bits per heavy atom. The van der Waals surface area contributed by atoms with E-state index in [1.54, 1.807) is 19.0 Å². The lowest BCUT2D eigenvalue weighted by molar-refractivity contribution is -0.129. The molecule has 4 nitrogen and oxygen atoms in total. The molecule has 0 spiro atoms. The fraction of sp³-hybridized carbons (Fsp3) is 0.875. The molecule has 0 aliphatic carbocycles. The first-order valence-corrected chi connectivity index (χ1v) is 4.27. The summed E-state index contributed by atoms with van der Waals surface area (Å²) >= 11 is 0. The summed E-state index contributed by atoms with van der Waals surface area (Å²) in [7, 11) is 3.55. The van der Waals surface area contributed by atoms with Crippen LogP contribution in [-0.2, 0) is 4.79 Å². The van der Waals surface area contributed by atoms with E-state index < -0.39 is 0 Å². The van der Waals surface area contributed by atoms with Crippen molar-refractivity contribution in [2.45, 2.75) is 12.5 Å². The predicted octanol–water partition coefficient (Wildman–Crippen LogP) is -0.892. The first-order valence-electron chi connectivity index (χ1n) is 4.27. The van der Waals surface area contributed by atoms with E-state index in [9.17, 15) is 4.79 Å². The van der Waals surface area contributed by atoms with Crippen molar-refractivity contribution in [3.05, 3.63) is 0 Å². The van der Waals surface area contributed by atoms with Crippen LogP contribution in [0.5, 0.6) is 0 Å². The molecular weight excluding hydrogens is 154 g/mol. The van der Waals surface area contributed by atoms with Gasteiger partial charge in [-0.15, -0.1) is 0 Å². The molecule has 0 aromatic rings. The van der Waals surface area contributed by atoms with Gasteiger partial charge in [-0.2, -0.15) is 0 Å². The van der Waals surface area contributed by atoms with Crippen LogP contribution in [0.15, 0.2) is 0 Å². The van der Waals surface area contributed by atoms with Gasteiger partial charge in [-0.25, -0.2) is 0 Å². The summed E-state index contributed by atoms with van der Waals surface area (Å²) in [4.78, 5) is 15.0. The number of hydrogen-bond donors (Lipinski definition) is 1. The largest absolute Gasteiger partial charge is 0.348 e. The number of hydrogen-bond acceptors (Lipinski definition) is 3. The van der Waals surface area contributed by atoms with Crippen molar-refractivity contribution < 1.29 is 4.79 Å². The second kappa shape index (κ2) is 3.87. The Bertz CT molecular complexity index is 170. The smallest absolute Gasteiger partial charge is 0.236 e. The fourth-order valence-corrected chi connectivity index (χ4v) is 1.34. The summed E-state index contributed by atoms with van der Waals surface area (Å²) in [5, 5.41) is 0. The third-order valence-electron chi connectivity index (χ3n) is 2.17. The number of carbonyl (C=O) groups excluding carboxylic acids is 1. The van der Waals surface area contributed by atoms with Crippen LogP contribution in [0.3, 0.4) is 0 Å². The second-order valence-electron chi connectivity index (χ2n) is 3.57. The van der Waals surface area contributed by atoms with Crippen molar-refractivity contribution in [3.8, 4) is 0 Å². The molecule has 0 aromatic heterocycles. The van der Waals surface area contributed by atoms with E-state index in [1.807, 2.05) is 0 Å². The summed E-state index contributed by atoms with van der Waals surface area (Å²) in [6.45, 7) is 2.33. The molecule has 1 aliphatic heterocycles. The van der Waals surface area contributed by atoms with E-state index >= 15 is 0 Å². The molecule has 1 amide bonds. The van der Waals surface area contributed by atoms with Crippen LogP contribution in [0.4, 0.5) is 0 Å². The minimum Gasteiger partial charge on any atom is -0.348 e. The summed E-state index contributed by atoms with van der Waals surface area (Å²) in [5.74, 6) is 0.157. The Morgan fingerprint density at radius 1 is 1.67 bits per heavy atom. The van der Waals surface area contributed by atoms with Gasteiger partial charge in [0, 0.05) is 33.2 Å². The van der Waals surface area contributed by atoms with E-state index in [0.717, 1.165) is 19.5 Å². The monoisotopic (exact) mass is 171 g/mol. The second-order valence-corrected chi connectivity index (χ2v) is 3.57. The Hall–Kier alpha value is -0.610. The van der Waals surface area contributed by atoms with Crippen molar-refractivity contribution >= 4 is 5.91 Å². The number of nitrogens with two attached hydrogens (primary N) is 1. The fourth-order valence-electron chi connectivity index (χ4n) is 1.34. The van der Waals surface area contributed by atoms with Crippen LogP contribution in [-0.4, -0.2) is 55.5 Å². The molecule has 1 rings (SSSR count). The SMILES string of the molecule is CN(C)C(=O)CN1CCC(N)C1. The number of likely N-dealkylation sites (tertiary alicyclic amines) is 1. The molecule has 12 heavy (non-hydrogen) atoms. The highest BCUT2D eigenvalue weighted by Gasteiger charge is 2.21. The zero-order valence-corrected chi connectivity index (χ0v) is 7.79. The maximum Gasteiger partial charge on any atom is 0.236 e. The van der Waals surface area contributed by atoms with E-state index in [0.29, 0.717) is 6.54 Å². The van der Waals surface area contributed by atoms with Gasteiger partial charge in [0.2, 0.25) is 5.91 Å². The predicted molar refractivity (Wildman–Crippen MR) is 47.7 cm³/mol. The highest BCUT2D eigenvalue weighted by Crippen LogP contribution is 2.05. The number of amides is 1. The van der Waals surface area contributed by atoms with Crippen molar-refractivity contribution in [2.24, 2.45) is 5.73 Å². The molecule has 0 bridgehead atoms. The van der Waals surface area contributed by atoms with Crippen LogP contribution in [0.25, 0.3) is 0 Å². The molecular formula is C8H17N3O. The average molecular weight is 171 g/mol. The van der Waals surface area contributed by atoms with Gasteiger partial charge in [-0.3, -0.25) is 9.69 Å². The molecule has 1 heterocycles. The van der Waals surface area contributed by atoms with Crippen LogP contribution >= 0.6 is 0 Å². The van der Waals surface area contributed by atoms with Gasteiger partial charge >= 0.3 is 0 Å². The van der Waals surface area contributed by atoms with Crippen molar-refractivity contribution in [2.75, 3.05) is 33.7 Å². The van der Waals surface area contributed by atoms with Crippen LogP contribution in [0, 0.1) is 0 Å². The van der Waals surface area contributed by atoms with E-state index in [-0.39, 0.29) is 11.9 Å². The minimum atomic E-state index is 0.157. The van der Waals surface area contributed by atoms with Crippen molar-refractivity contribution in [3.63, 3.8) is 0 Å². The third kappa shape index (κ3) is 2.46. The topological polar surface area (TPSA) is 49.6 Å².